The molecule has 6 heteroatoms. The van der Waals surface area contributed by atoms with E-state index in [9.17, 15) is 4.79 Å². The molecule has 1 aromatic heterocycles. The van der Waals surface area contributed by atoms with Gasteiger partial charge in [-0.3, -0.25) is 4.68 Å². The van der Waals surface area contributed by atoms with Gasteiger partial charge in [0.25, 0.3) is 0 Å². The molecule has 156 valence electrons. The fraction of sp³-hybridized carbons (Fsp3) is 0.333. The van der Waals surface area contributed by atoms with Crippen LogP contribution >= 0.6 is 0 Å². The monoisotopic (exact) mass is 404 g/mol. The first-order valence-electron chi connectivity index (χ1n) is 10.3. The minimum absolute atomic E-state index is 0.0797. The molecule has 0 saturated heterocycles. The average Bonchev–Trinajstić information content (AvgIpc) is 3.06. The zero-order valence-electron chi connectivity index (χ0n) is 17.8. The maximum Gasteiger partial charge on any atom is 0.322 e. The Morgan fingerprint density at radius 3 is 2.67 bits per heavy atom. The van der Waals surface area contributed by atoms with Gasteiger partial charge in [-0.25, -0.2) is 4.79 Å². The molecule has 0 fully saturated rings. The lowest BCUT2D eigenvalue weighted by molar-refractivity contribution is 0.103. The van der Waals surface area contributed by atoms with Crippen LogP contribution in [0.2, 0.25) is 0 Å². The molecule has 6 nitrogen and oxygen atoms in total. The van der Waals surface area contributed by atoms with Gasteiger partial charge in [-0.2, -0.15) is 5.10 Å². The number of amides is 2. The van der Waals surface area contributed by atoms with Crippen LogP contribution in [-0.2, 0) is 38.0 Å². The summed E-state index contributed by atoms with van der Waals surface area (Å²) >= 11 is 0. The minimum atomic E-state index is -0.0797. The number of rotatable bonds is 5. The summed E-state index contributed by atoms with van der Waals surface area (Å²) in [5, 5.41) is 7.69. The highest BCUT2D eigenvalue weighted by Gasteiger charge is 2.26. The number of fused-ring (bicyclic) bond motifs is 1. The fourth-order valence-corrected chi connectivity index (χ4v) is 3.82. The summed E-state index contributed by atoms with van der Waals surface area (Å²) in [6.45, 7) is 6.32. The largest absolute Gasteiger partial charge is 0.370 e. The van der Waals surface area contributed by atoms with E-state index in [2.05, 4.69) is 24.3 Å². The molecule has 1 aliphatic rings. The van der Waals surface area contributed by atoms with Crippen molar-refractivity contribution < 1.29 is 9.53 Å². The van der Waals surface area contributed by atoms with Crippen LogP contribution in [0.1, 0.15) is 33.6 Å². The summed E-state index contributed by atoms with van der Waals surface area (Å²) < 4.78 is 7.83. The number of aromatic nitrogens is 2. The summed E-state index contributed by atoms with van der Waals surface area (Å²) in [6.07, 6.45) is 0.790. The maximum atomic E-state index is 12.8. The minimum Gasteiger partial charge on any atom is -0.370 e. The van der Waals surface area contributed by atoms with Gasteiger partial charge in [-0.05, 0) is 42.7 Å². The van der Waals surface area contributed by atoms with Crippen LogP contribution in [-0.4, -0.2) is 27.3 Å². The van der Waals surface area contributed by atoms with Crippen molar-refractivity contribution in [3.8, 4) is 0 Å². The van der Waals surface area contributed by atoms with E-state index in [1.807, 2.05) is 65.2 Å². The van der Waals surface area contributed by atoms with Crippen molar-refractivity contribution in [1.82, 2.24) is 14.7 Å². The molecule has 4 rings (SSSR count). The van der Waals surface area contributed by atoms with E-state index < -0.39 is 0 Å². The molecule has 0 aliphatic carbocycles. The van der Waals surface area contributed by atoms with Crippen molar-refractivity contribution in [2.75, 3.05) is 11.9 Å². The molecule has 0 atom stereocenters. The Kier molecular flexibility index (Phi) is 5.86. The first-order valence-corrected chi connectivity index (χ1v) is 10.3. The third kappa shape index (κ3) is 4.39. The topological polar surface area (TPSA) is 59.4 Å². The molecule has 30 heavy (non-hydrogen) atoms. The maximum absolute atomic E-state index is 12.8. The molecular formula is C24H28N4O2. The molecule has 2 aromatic carbocycles. The first-order chi connectivity index (χ1) is 14.5. The Morgan fingerprint density at radius 2 is 1.90 bits per heavy atom. The zero-order chi connectivity index (χ0) is 21.1. The van der Waals surface area contributed by atoms with Gasteiger partial charge in [0.15, 0.2) is 0 Å². The lowest BCUT2D eigenvalue weighted by Gasteiger charge is -2.28. The van der Waals surface area contributed by atoms with Crippen molar-refractivity contribution in [3.63, 3.8) is 0 Å². The Hall–Kier alpha value is -3.12. The molecule has 0 radical (unpaired) electrons. The van der Waals surface area contributed by atoms with Crippen LogP contribution < -0.4 is 5.32 Å². The predicted molar refractivity (Wildman–Crippen MR) is 117 cm³/mol. The number of hydrogen-bond acceptors (Lipinski definition) is 3. The number of carbonyl (C=O) groups excluding carboxylic acids is 1. The van der Waals surface area contributed by atoms with Gasteiger partial charge in [0, 0.05) is 37.0 Å². The number of hydrogen-bond donors (Lipinski definition) is 1. The van der Waals surface area contributed by atoms with E-state index in [1.165, 1.54) is 16.8 Å². The second-order valence-electron chi connectivity index (χ2n) is 7.87. The summed E-state index contributed by atoms with van der Waals surface area (Å²) in [5.41, 5.74) is 7.54. The van der Waals surface area contributed by atoms with Crippen LogP contribution in [0.3, 0.4) is 0 Å². The Labute approximate surface area is 177 Å². The van der Waals surface area contributed by atoms with Gasteiger partial charge < -0.3 is 15.0 Å². The fourth-order valence-electron chi connectivity index (χ4n) is 3.82. The van der Waals surface area contributed by atoms with E-state index in [0.717, 1.165) is 28.9 Å². The van der Waals surface area contributed by atoms with E-state index in [-0.39, 0.29) is 6.03 Å². The van der Waals surface area contributed by atoms with Crippen molar-refractivity contribution in [2.45, 2.75) is 40.0 Å². The highest BCUT2D eigenvalue weighted by atomic mass is 16.5. The Bertz CT molecular complexity index is 1040. The standard InChI is InChI=1S/C24H28N4O2/c1-17-9-10-20(13-18(17)2)25-24(29)28-12-11-23-21(14-28)22(26-27(23)3)16-30-15-19-7-5-4-6-8-19/h4-10,13H,11-12,14-16H2,1-3H3,(H,25,29). The molecule has 0 saturated carbocycles. The number of nitrogens with one attached hydrogen (secondary N) is 1. The number of carbonyl (C=O) groups is 1. The molecule has 2 heterocycles. The van der Waals surface area contributed by atoms with E-state index in [4.69, 9.17) is 4.74 Å². The van der Waals surface area contributed by atoms with Crippen LogP contribution in [0.25, 0.3) is 0 Å². The average molecular weight is 405 g/mol. The summed E-state index contributed by atoms with van der Waals surface area (Å²) in [6, 6.07) is 16.0. The van der Waals surface area contributed by atoms with Crippen LogP contribution in [0.5, 0.6) is 0 Å². The van der Waals surface area contributed by atoms with Gasteiger partial charge in [0.2, 0.25) is 0 Å². The molecular weight excluding hydrogens is 376 g/mol. The smallest absolute Gasteiger partial charge is 0.322 e. The van der Waals surface area contributed by atoms with Gasteiger partial charge in [0.1, 0.15) is 0 Å². The third-order valence-corrected chi connectivity index (χ3v) is 5.72. The first kappa shape index (κ1) is 20.2. The van der Waals surface area contributed by atoms with Crippen molar-refractivity contribution in [2.24, 2.45) is 7.05 Å². The number of benzene rings is 2. The SMILES string of the molecule is Cc1ccc(NC(=O)N2CCc3c(c(COCc4ccccc4)nn3C)C2)cc1C. The second kappa shape index (κ2) is 8.71. The van der Waals surface area contributed by atoms with E-state index >= 15 is 0 Å². The van der Waals surface area contributed by atoms with Crippen LogP contribution in [0.15, 0.2) is 48.5 Å². The Morgan fingerprint density at radius 1 is 1.10 bits per heavy atom. The molecule has 3 aromatic rings. The number of urea groups is 1. The van der Waals surface area contributed by atoms with E-state index in [0.29, 0.717) is 26.3 Å². The Balaban J connectivity index is 1.42. The quantitative estimate of drug-likeness (QED) is 0.688. The molecule has 0 bridgehead atoms. The van der Waals surface area contributed by atoms with Crippen LogP contribution in [0, 0.1) is 13.8 Å². The summed E-state index contributed by atoms with van der Waals surface area (Å²) in [7, 11) is 1.96. The predicted octanol–water partition coefficient (Wildman–Crippen LogP) is 4.34. The van der Waals surface area contributed by atoms with Gasteiger partial charge in [-0.15, -0.1) is 0 Å². The number of nitrogens with zero attached hydrogens (tertiary/aromatic N) is 3. The van der Waals surface area contributed by atoms with Crippen molar-refractivity contribution >= 4 is 11.7 Å². The normalized spacial score (nSPS) is 13.2. The summed E-state index contributed by atoms with van der Waals surface area (Å²) in [4.78, 5) is 14.7. The molecule has 0 unspecified atom stereocenters. The molecule has 1 aliphatic heterocycles. The molecule has 0 spiro atoms. The van der Waals surface area contributed by atoms with E-state index in [1.54, 1.807) is 0 Å². The molecule has 2 amide bonds. The van der Waals surface area contributed by atoms with Gasteiger partial charge >= 0.3 is 6.03 Å². The van der Waals surface area contributed by atoms with Crippen LogP contribution in [0.4, 0.5) is 10.5 Å². The van der Waals surface area contributed by atoms with Crippen molar-refractivity contribution in [3.05, 3.63) is 82.2 Å². The van der Waals surface area contributed by atoms with Gasteiger partial charge in [0.05, 0.1) is 25.5 Å². The molecule has 1 N–H and O–H groups in total. The lowest BCUT2D eigenvalue weighted by atomic mass is 10.1. The third-order valence-electron chi connectivity index (χ3n) is 5.72. The summed E-state index contributed by atoms with van der Waals surface area (Å²) in [5.74, 6) is 0. The van der Waals surface area contributed by atoms with Crippen molar-refractivity contribution in [1.29, 1.82) is 0 Å². The second-order valence-corrected chi connectivity index (χ2v) is 7.87. The number of aryl methyl sites for hydroxylation is 3. The van der Waals surface area contributed by atoms with Gasteiger partial charge in [-0.1, -0.05) is 36.4 Å². The highest BCUT2D eigenvalue weighted by Crippen LogP contribution is 2.24. The highest BCUT2D eigenvalue weighted by molar-refractivity contribution is 5.89. The lowest BCUT2D eigenvalue weighted by Crippen LogP contribution is -2.39. The number of anilines is 1. The zero-order valence-corrected chi connectivity index (χ0v) is 17.8. The number of ether oxygens (including phenoxy) is 1.